The van der Waals surface area contributed by atoms with Crippen molar-refractivity contribution in [2.24, 2.45) is 0 Å². The molecule has 1 aromatic heterocycles. The third-order valence-corrected chi connectivity index (χ3v) is 4.66. The maximum Gasteiger partial charge on any atom is 0.271 e. The molecule has 0 spiro atoms. The number of nitro groups is 1. The molecule has 4 aromatic rings. The first-order valence-corrected chi connectivity index (χ1v) is 8.57. The molecular weight excluding hydrogens is 382 g/mol. The minimum atomic E-state index is -0.647. The molecule has 0 aliphatic carbocycles. The molecule has 2 N–H and O–H groups in total. The van der Waals surface area contributed by atoms with Gasteiger partial charge in [-0.25, -0.2) is 0 Å². The number of halogens is 1. The van der Waals surface area contributed by atoms with Crippen LogP contribution in [0.1, 0.15) is 10.4 Å². The first kappa shape index (κ1) is 17.7. The van der Waals surface area contributed by atoms with E-state index in [2.05, 4.69) is 5.32 Å². The highest BCUT2D eigenvalue weighted by Crippen LogP contribution is 2.28. The normalized spacial score (nSPS) is 10.9. The molecule has 0 radical (unpaired) electrons. The molecule has 0 unspecified atom stereocenters. The fourth-order valence-electron chi connectivity index (χ4n) is 2.97. The Kier molecular flexibility index (Phi) is 4.29. The SMILES string of the molecule is N=c1oc2ccc3ccccc3c2cc1C(=O)Nc1cc([N+](=O)[O-])ccc1Cl. The quantitative estimate of drug-likeness (QED) is 0.293. The van der Waals surface area contributed by atoms with E-state index in [4.69, 9.17) is 21.4 Å². The Morgan fingerprint density at radius 3 is 2.64 bits per heavy atom. The number of nitrogens with zero attached hydrogens (tertiary/aromatic N) is 1. The van der Waals surface area contributed by atoms with Crippen molar-refractivity contribution in [3.8, 4) is 0 Å². The van der Waals surface area contributed by atoms with Crippen molar-refractivity contribution < 1.29 is 14.1 Å². The minimum Gasteiger partial charge on any atom is -0.438 e. The number of carbonyl (C=O) groups is 1. The summed E-state index contributed by atoms with van der Waals surface area (Å²) in [6.07, 6.45) is 0. The summed E-state index contributed by atoms with van der Waals surface area (Å²) in [6.45, 7) is 0. The van der Waals surface area contributed by atoms with E-state index in [1.165, 1.54) is 12.1 Å². The van der Waals surface area contributed by atoms with E-state index < -0.39 is 10.8 Å². The van der Waals surface area contributed by atoms with Crippen LogP contribution in [0.2, 0.25) is 5.02 Å². The summed E-state index contributed by atoms with van der Waals surface area (Å²) in [5.41, 5.74) is 0.0279. The first-order chi connectivity index (χ1) is 13.4. The molecule has 3 aromatic carbocycles. The molecule has 138 valence electrons. The molecule has 1 heterocycles. The van der Waals surface area contributed by atoms with Gasteiger partial charge in [0.1, 0.15) is 11.1 Å². The van der Waals surface area contributed by atoms with E-state index in [0.717, 1.165) is 16.8 Å². The summed E-state index contributed by atoms with van der Waals surface area (Å²) in [7, 11) is 0. The number of nitro benzene ring substituents is 1. The predicted molar refractivity (Wildman–Crippen MR) is 106 cm³/mol. The van der Waals surface area contributed by atoms with Gasteiger partial charge in [0, 0.05) is 17.5 Å². The van der Waals surface area contributed by atoms with Gasteiger partial charge >= 0.3 is 0 Å². The molecule has 8 heteroatoms. The van der Waals surface area contributed by atoms with Crippen LogP contribution in [0.15, 0.2) is 65.1 Å². The van der Waals surface area contributed by atoms with Crippen LogP contribution in [-0.2, 0) is 0 Å². The summed E-state index contributed by atoms with van der Waals surface area (Å²) < 4.78 is 5.52. The Balaban J connectivity index is 1.80. The van der Waals surface area contributed by atoms with Crippen molar-refractivity contribution in [1.82, 2.24) is 0 Å². The molecule has 28 heavy (non-hydrogen) atoms. The van der Waals surface area contributed by atoms with Gasteiger partial charge in [-0.1, -0.05) is 41.9 Å². The van der Waals surface area contributed by atoms with Crippen molar-refractivity contribution in [3.05, 3.63) is 86.9 Å². The standard InChI is InChI=1S/C20H12ClN3O4/c21-16-7-6-12(24(26)27)9-17(16)23-20(25)15-10-14-13-4-2-1-3-11(13)5-8-18(14)28-19(15)22/h1-10,22H,(H,23,25). The van der Waals surface area contributed by atoms with E-state index in [1.54, 1.807) is 12.1 Å². The Morgan fingerprint density at radius 1 is 1.07 bits per heavy atom. The van der Waals surface area contributed by atoms with Gasteiger partial charge in [0.2, 0.25) is 5.55 Å². The van der Waals surface area contributed by atoms with Crippen molar-refractivity contribution >= 4 is 50.6 Å². The summed E-state index contributed by atoms with van der Waals surface area (Å²) in [4.78, 5) is 23.1. The van der Waals surface area contributed by atoms with Gasteiger partial charge in [-0.2, -0.15) is 0 Å². The van der Waals surface area contributed by atoms with E-state index in [9.17, 15) is 14.9 Å². The molecule has 0 aliphatic rings. The van der Waals surface area contributed by atoms with Gasteiger partial charge in [-0.15, -0.1) is 0 Å². The predicted octanol–water partition coefficient (Wildman–Crippen LogP) is 4.88. The fourth-order valence-corrected chi connectivity index (χ4v) is 3.13. The van der Waals surface area contributed by atoms with Crippen molar-refractivity contribution in [1.29, 1.82) is 5.41 Å². The summed E-state index contributed by atoms with van der Waals surface area (Å²) in [5.74, 6) is -0.647. The molecule has 1 amide bonds. The van der Waals surface area contributed by atoms with Gasteiger partial charge in [0.15, 0.2) is 0 Å². The zero-order chi connectivity index (χ0) is 19.8. The van der Waals surface area contributed by atoms with Crippen LogP contribution in [0.3, 0.4) is 0 Å². The number of benzene rings is 3. The molecule has 4 rings (SSSR count). The second-order valence-electron chi connectivity index (χ2n) is 6.06. The largest absolute Gasteiger partial charge is 0.438 e. The van der Waals surface area contributed by atoms with Crippen molar-refractivity contribution in [2.45, 2.75) is 0 Å². The smallest absolute Gasteiger partial charge is 0.271 e. The third-order valence-electron chi connectivity index (χ3n) is 4.33. The highest BCUT2D eigenvalue weighted by molar-refractivity contribution is 6.34. The Labute approximate surface area is 162 Å². The molecule has 0 fully saturated rings. The average Bonchev–Trinajstić information content (AvgIpc) is 2.68. The number of rotatable bonds is 3. The lowest BCUT2D eigenvalue weighted by molar-refractivity contribution is -0.384. The van der Waals surface area contributed by atoms with Gasteiger partial charge in [0.25, 0.3) is 11.6 Å². The number of nitrogens with one attached hydrogen (secondary N) is 2. The third kappa shape index (κ3) is 3.08. The van der Waals surface area contributed by atoms with E-state index >= 15 is 0 Å². The number of anilines is 1. The summed E-state index contributed by atoms with van der Waals surface area (Å²) in [6, 6.07) is 16.5. The van der Waals surface area contributed by atoms with E-state index in [-0.39, 0.29) is 27.5 Å². The lowest BCUT2D eigenvalue weighted by atomic mass is 10.0. The average molecular weight is 394 g/mol. The minimum absolute atomic E-state index is 0.00794. The zero-order valence-corrected chi connectivity index (χ0v) is 15.0. The maximum atomic E-state index is 12.7. The number of hydrogen-bond acceptors (Lipinski definition) is 5. The highest BCUT2D eigenvalue weighted by atomic mass is 35.5. The Bertz CT molecular complexity index is 1330. The lowest BCUT2D eigenvalue weighted by Gasteiger charge is -2.09. The monoisotopic (exact) mass is 393 g/mol. The van der Waals surface area contributed by atoms with Crippen LogP contribution >= 0.6 is 11.6 Å². The Morgan fingerprint density at radius 2 is 1.86 bits per heavy atom. The fraction of sp³-hybridized carbons (Fsp3) is 0. The first-order valence-electron chi connectivity index (χ1n) is 8.19. The second-order valence-corrected chi connectivity index (χ2v) is 6.47. The van der Waals surface area contributed by atoms with Gasteiger partial charge < -0.3 is 9.73 Å². The van der Waals surface area contributed by atoms with Crippen LogP contribution in [-0.4, -0.2) is 10.8 Å². The maximum absolute atomic E-state index is 12.7. The number of non-ortho nitro benzene ring substituents is 1. The van der Waals surface area contributed by atoms with Crippen LogP contribution in [0, 0.1) is 15.5 Å². The van der Waals surface area contributed by atoms with Gasteiger partial charge in [-0.3, -0.25) is 20.3 Å². The van der Waals surface area contributed by atoms with E-state index in [0.29, 0.717) is 11.0 Å². The molecule has 0 atom stereocenters. The van der Waals surface area contributed by atoms with Gasteiger partial charge in [0.05, 0.1) is 15.6 Å². The zero-order valence-electron chi connectivity index (χ0n) is 14.2. The van der Waals surface area contributed by atoms with Crippen LogP contribution in [0.25, 0.3) is 21.7 Å². The molecule has 7 nitrogen and oxygen atoms in total. The molecular formula is C20H12ClN3O4. The van der Waals surface area contributed by atoms with Gasteiger partial charge in [-0.05, 0) is 29.0 Å². The summed E-state index contributed by atoms with van der Waals surface area (Å²) >= 11 is 6.04. The van der Waals surface area contributed by atoms with E-state index in [1.807, 2.05) is 30.3 Å². The van der Waals surface area contributed by atoms with Crippen LogP contribution in [0.4, 0.5) is 11.4 Å². The van der Waals surface area contributed by atoms with Crippen LogP contribution in [0.5, 0.6) is 0 Å². The molecule has 0 aliphatic heterocycles. The molecule has 0 saturated heterocycles. The number of carbonyl (C=O) groups excluding carboxylic acids is 1. The second kappa shape index (κ2) is 6.79. The number of fused-ring (bicyclic) bond motifs is 3. The highest BCUT2D eigenvalue weighted by Gasteiger charge is 2.16. The molecule has 0 bridgehead atoms. The van der Waals surface area contributed by atoms with Crippen molar-refractivity contribution in [3.63, 3.8) is 0 Å². The summed E-state index contributed by atoms with van der Waals surface area (Å²) in [5, 5.41) is 24.2. The number of hydrogen-bond donors (Lipinski definition) is 2. The number of amides is 1. The Hall–Kier alpha value is -3.71. The topological polar surface area (TPSA) is 109 Å². The van der Waals surface area contributed by atoms with Crippen molar-refractivity contribution in [2.75, 3.05) is 5.32 Å². The molecule has 0 saturated carbocycles. The van der Waals surface area contributed by atoms with Crippen LogP contribution < -0.4 is 10.9 Å². The lowest BCUT2D eigenvalue weighted by Crippen LogP contribution is -2.21.